The molecule has 0 fully saturated rings. The maximum Gasteiger partial charge on any atom is 0.472 e. The van der Waals surface area contributed by atoms with Crippen LogP contribution >= 0.6 is 7.82 Å². The number of nitrogens with zero attached hydrogens (tertiary/aromatic N) is 1. The van der Waals surface area contributed by atoms with Gasteiger partial charge in [0.1, 0.15) is 19.8 Å². The summed E-state index contributed by atoms with van der Waals surface area (Å²) in [5.41, 5.74) is 0. The molecule has 0 amide bonds. The number of likely N-dealkylation sites (N-methyl/N-ethyl adjacent to an activating group) is 1. The van der Waals surface area contributed by atoms with Gasteiger partial charge >= 0.3 is 19.8 Å². The molecule has 11 heteroatoms. The fraction of sp³-hybridized carbons (Fsp3) is 0.640. The minimum Gasteiger partial charge on any atom is -0.462 e. The van der Waals surface area contributed by atoms with Crippen LogP contribution in [0.2, 0.25) is 0 Å². The van der Waals surface area contributed by atoms with Crippen molar-refractivity contribution < 1.29 is 47.2 Å². The Morgan fingerprint density at radius 2 is 1.16 bits per heavy atom. The van der Waals surface area contributed by atoms with Gasteiger partial charge in [0.15, 0.2) is 6.10 Å². The lowest BCUT2D eigenvalue weighted by Gasteiger charge is -2.24. The maximum absolute atomic E-state index is 12.7. The van der Waals surface area contributed by atoms with Gasteiger partial charge in [0.25, 0.3) is 0 Å². The minimum atomic E-state index is -4.43. The van der Waals surface area contributed by atoms with Gasteiger partial charge in [-0.3, -0.25) is 18.6 Å². The van der Waals surface area contributed by atoms with Gasteiger partial charge in [-0.05, 0) is 77.0 Å². The molecule has 0 saturated heterocycles. The molecular formula is C50H85NO9P+. The first-order valence-corrected chi connectivity index (χ1v) is 24.6. The van der Waals surface area contributed by atoms with Gasteiger partial charge in [-0.25, -0.2) is 4.57 Å². The Hall–Kier alpha value is -3.11. The summed E-state index contributed by atoms with van der Waals surface area (Å²) in [6, 6.07) is 0. The number of phosphoric ester groups is 1. The van der Waals surface area contributed by atoms with Crippen LogP contribution in [0, 0.1) is 0 Å². The van der Waals surface area contributed by atoms with Crippen LogP contribution in [0.1, 0.15) is 149 Å². The van der Waals surface area contributed by atoms with E-state index >= 15 is 0 Å². The first-order valence-electron chi connectivity index (χ1n) is 23.1. The molecule has 0 aromatic rings. The molecule has 0 aromatic heterocycles. The van der Waals surface area contributed by atoms with Crippen molar-refractivity contribution in [1.29, 1.82) is 0 Å². The molecule has 0 spiro atoms. The molecule has 0 rings (SSSR count). The number of hydrogen-bond acceptors (Lipinski definition) is 8. The highest BCUT2D eigenvalue weighted by molar-refractivity contribution is 7.47. The van der Waals surface area contributed by atoms with Gasteiger partial charge in [0.05, 0.1) is 33.9 Å². The van der Waals surface area contributed by atoms with Gasteiger partial charge in [-0.1, -0.05) is 156 Å². The van der Waals surface area contributed by atoms with Crippen molar-refractivity contribution in [2.45, 2.75) is 161 Å². The summed E-state index contributed by atoms with van der Waals surface area (Å²) >= 11 is 0. The number of quaternary nitrogens is 1. The number of allylic oxidation sites excluding steroid dienone is 14. The minimum absolute atomic E-state index is 0.00726. The molecule has 2 unspecified atom stereocenters. The van der Waals surface area contributed by atoms with E-state index in [1.165, 1.54) is 44.9 Å². The molecule has 0 aliphatic carbocycles. The Morgan fingerprint density at radius 1 is 0.607 bits per heavy atom. The van der Waals surface area contributed by atoms with Crippen LogP contribution in [0.15, 0.2) is 97.2 Å². The average molecular weight is 875 g/mol. The van der Waals surface area contributed by atoms with Gasteiger partial charge in [-0.15, -0.1) is 0 Å². The molecule has 3 atom stereocenters. The summed E-state index contributed by atoms with van der Waals surface area (Å²) in [6.07, 6.45) is 50.6. The first-order chi connectivity index (χ1) is 29.4. The predicted molar refractivity (Wildman–Crippen MR) is 253 cm³/mol. The lowest BCUT2D eigenvalue weighted by Crippen LogP contribution is -2.37. The molecule has 0 bridgehead atoms. The Bertz CT molecular complexity index is 1370. The second kappa shape index (κ2) is 40.9. The number of hydrogen-bond donors (Lipinski definition) is 2. The van der Waals surface area contributed by atoms with Gasteiger partial charge in [0.2, 0.25) is 0 Å². The topological polar surface area (TPSA) is 129 Å². The Labute approximate surface area is 371 Å². The van der Waals surface area contributed by atoms with Crippen molar-refractivity contribution in [3.05, 3.63) is 97.2 Å². The number of ether oxygens (including phenoxy) is 2. The van der Waals surface area contributed by atoms with Crippen molar-refractivity contribution in [3.63, 3.8) is 0 Å². The third kappa shape index (κ3) is 44.7. The average Bonchev–Trinajstić information content (AvgIpc) is 3.21. The standard InChI is InChI=1S/C50H84NO9P/c1-6-8-10-12-14-16-18-20-21-22-23-25-27-29-31-33-37-41-49(53)57-45-48(46-59-61(55,56)58-44-43-51(3,4)5)60-50(54)42-38-34-36-40-47(52)39-35-32-30-28-26-24-19-17-15-13-11-9-7-2/h9,11,14-17,20-21,24,26,30,32,34-36,39,47-48,52H,6-8,10,12-13,18-19,22-23,25,27-29,31,33,37-38,40-46H2,1-5H3/p+1/b11-9-,16-14-,17-15-,21-20-,26-24-,32-30-,36-34-,39-35-/t47?,48-/m1/s1. The quantitative estimate of drug-likeness (QED) is 0.0154. The molecular weight excluding hydrogens is 790 g/mol. The number of rotatable bonds is 40. The Morgan fingerprint density at radius 3 is 1.79 bits per heavy atom. The van der Waals surface area contributed by atoms with Crippen molar-refractivity contribution in [2.75, 3.05) is 47.5 Å². The number of phosphoric acid groups is 1. The van der Waals surface area contributed by atoms with Crippen molar-refractivity contribution in [1.82, 2.24) is 0 Å². The summed E-state index contributed by atoms with van der Waals surface area (Å²) in [4.78, 5) is 35.4. The van der Waals surface area contributed by atoms with E-state index in [9.17, 15) is 24.2 Å². The molecule has 0 aliphatic rings. The van der Waals surface area contributed by atoms with Crippen LogP contribution in [0.5, 0.6) is 0 Å². The van der Waals surface area contributed by atoms with Crippen LogP contribution in [-0.4, -0.2) is 86.1 Å². The van der Waals surface area contributed by atoms with Crippen molar-refractivity contribution >= 4 is 19.8 Å². The van der Waals surface area contributed by atoms with Gasteiger partial charge in [0, 0.05) is 12.8 Å². The third-order valence-electron chi connectivity index (χ3n) is 9.19. The number of aliphatic hydroxyl groups is 1. The number of aliphatic hydroxyl groups excluding tert-OH is 1. The second-order valence-corrected chi connectivity index (χ2v) is 17.7. The zero-order chi connectivity index (χ0) is 45.1. The molecule has 0 aromatic carbocycles. The molecule has 2 N–H and O–H groups in total. The monoisotopic (exact) mass is 875 g/mol. The van der Waals surface area contributed by atoms with E-state index in [0.29, 0.717) is 30.3 Å². The Balaban J connectivity index is 4.58. The number of carbonyl (C=O) groups excluding carboxylic acids is 2. The van der Waals surface area contributed by atoms with E-state index in [2.05, 4.69) is 74.6 Å². The summed E-state index contributed by atoms with van der Waals surface area (Å²) in [7, 11) is 1.35. The van der Waals surface area contributed by atoms with E-state index in [1.807, 2.05) is 39.4 Å². The molecule has 0 aliphatic heterocycles. The SMILES string of the molecule is CC/C=C\C/C=C\C/C=C\C/C=C\C=C/C(O)C/C=C\CCC(=O)O[C@H](COC(=O)CCCCCCCCC/C=C\C/C=C\CCCCC)COP(=O)(O)OCC[N+](C)(C)C. The van der Waals surface area contributed by atoms with E-state index < -0.39 is 38.6 Å². The van der Waals surface area contributed by atoms with Crippen LogP contribution in [0.4, 0.5) is 0 Å². The zero-order valence-corrected chi connectivity index (χ0v) is 39.6. The number of unbranched alkanes of at least 4 members (excludes halogenated alkanes) is 10. The van der Waals surface area contributed by atoms with E-state index in [4.69, 9.17) is 18.5 Å². The zero-order valence-electron chi connectivity index (χ0n) is 38.7. The van der Waals surface area contributed by atoms with Crippen molar-refractivity contribution in [2.24, 2.45) is 0 Å². The maximum atomic E-state index is 12.7. The third-order valence-corrected chi connectivity index (χ3v) is 10.2. The van der Waals surface area contributed by atoms with Crippen LogP contribution in [-0.2, 0) is 32.7 Å². The normalized spacial score (nSPS) is 14.9. The summed E-state index contributed by atoms with van der Waals surface area (Å²) in [5.74, 6) is -0.998. The smallest absolute Gasteiger partial charge is 0.462 e. The molecule has 61 heavy (non-hydrogen) atoms. The van der Waals surface area contributed by atoms with E-state index in [1.54, 1.807) is 18.2 Å². The molecule has 348 valence electrons. The molecule has 10 nitrogen and oxygen atoms in total. The summed E-state index contributed by atoms with van der Waals surface area (Å²) in [6.45, 7) is 4.04. The van der Waals surface area contributed by atoms with Crippen molar-refractivity contribution in [3.8, 4) is 0 Å². The number of carbonyl (C=O) groups is 2. The fourth-order valence-corrected chi connectivity index (χ4v) is 6.31. The fourth-order valence-electron chi connectivity index (χ4n) is 5.56. The Kier molecular flexibility index (Phi) is 38.8. The highest BCUT2D eigenvalue weighted by Crippen LogP contribution is 2.43. The van der Waals surface area contributed by atoms with Gasteiger partial charge in [-0.2, -0.15) is 0 Å². The van der Waals surface area contributed by atoms with Crippen LogP contribution in [0.25, 0.3) is 0 Å². The lowest BCUT2D eigenvalue weighted by molar-refractivity contribution is -0.870. The highest BCUT2D eigenvalue weighted by Gasteiger charge is 2.27. The van der Waals surface area contributed by atoms with E-state index in [0.717, 1.165) is 57.8 Å². The molecule has 0 saturated carbocycles. The predicted octanol–water partition coefficient (Wildman–Crippen LogP) is 12.3. The van der Waals surface area contributed by atoms with Crippen LogP contribution < -0.4 is 0 Å². The van der Waals surface area contributed by atoms with Crippen LogP contribution in [0.3, 0.4) is 0 Å². The summed E-state index contributed by atoms with van der Waals surface area (Å²) in [5, 5.41) is 10.2. The van der Waals surface area contributed by atoms with E-state index in [-0.39, 0.29) is 26.1 Å². The van der Waals surface area contributed by atoms with Gasteiger partial charge < -0.3 is 24.0 Å². The molecule has 0 heterocycles. The lowest BCUT2D eigenvalue weighted by atomic mass is 10.1. The summed E-state index contributed by atoms with van der Waals surface area (Å²) < 4.78 is 34.2. The number of esters is 2. The second-order valence-electron chi connectivity index (χ2n) is 16.2. The first kappa shape index (κ1) is 57.9. The highest BCUT2D eigenvalue weighted by atomic mass is 31.2. The molecule has 0 radical (unpaired) electrons. The largest absolute Gasteiger partial charge is 0.472 e.